The summed E-state index contributed by atoms with van der Waals surface area (Å²) in [6.07, 6.45) is 6.10. The van der Waals surface area contributed by atoms with E-state index >= 15 is 0 Å². The van der Waals surface area contributed by atoms with Crippen molar-refractivity contribution in [1.82, 2.24) is 9.38 Å². The van der Waals surface area contributed by atoms with Gasteiger partial charge in [-0.25, -0.2) is 0 Å². The molecule has 0 N–H and O–H groups in total. The van der Waals surface area contributed by atoms with Crippen LogP contribution in [-0.2, 0) is 20.1 Å². The molecule has 2 aliphatic rings. The Balaban J connectivity index is 0.00000217. The number of hydrogen-bond donors (Lipinski definition) is 0. The van der Waals surface area contributed by atoms with E-state index in [1.807, 2.05) is 6.07 Å². The number of benzene rings is 3. The Morgan fingerprint density at radius 3 is 2.50 bits per heavy atom. The Bertz CT molecular complexity index is 1560. The average Bonchev–Trinajstić information content (AvgIpc) is 3.44. The molecule has 5 aromatic rings. The molecule has 2 aromatic heterocycles. The number of nitrogens with zero attached hydrogens (tertiary/aromatic N) is 2. The van der Waals surface area contributed by atoms with E-state index in [4.69, 9.17) is 4.98 Å². The molecule has 0 amide bonds. The Kier molecular flexibility index (Phi) is 4.86. The Labute approximate surface area is 214 Å². The largest absolute Gasteiger partial charge is 0.333 e. The van der Waals surface area contributed by atoms with E-state index in [1.54, 1.807) is 0 Å². The van der Waals surface area contributed by atoms with Gasteiger partial charge in [-0.2, -0.15) is 0 Å². The molecular formula is C31H29IrN2-. The summed E-state index contributed by atoms with van der Waals surface area (Å²) < 4.78 is 2.37. The van der Waals surface area contributed by atoms with Gasteiger partial charge in [0.15, 0.2) is 0 Å². The van der Waals surface area contributed by atoms with Gasteiger partial charge in [0, 0.05) is 37.4 Å². The molecule has 1 radical (unpaired) electrons. The van der Waals surface area contributed by atoms with Crippen LogP contribution in [0.3, 0.4) is 0 Å². The Hall–Kier alpha value is -2.48. The van der Waals surface area contributed by atoms with Crippen molar-refractivity contribution in [2.45, 2.75) is 46.0 Å². The van der Waals surface area contributed by atoms with Gasteiger partial charge in [-0.3, -0.25) is 4.98 Å². The number of hydrogen-bond acceptors (Lipinski definition) is 1. The van der Waals surface area contributed by atoms with E-state index in [1.165, 1.54) is 52.4 Å². The first-order chi connectivity index (χ1) is 16.0. The van der Waals surface area contributed by atoms with Crippen LogP contribution in [0.15, 0.2) is 72.9 Å². The summed E-state index contributed by atoms with van der Waals surface area (Å²) in [7, 11) is 0. The average molecular weight is 622 g/mol. The first kappa shape index (κ1) is 22.0. The summed E-state index contributed by atoms with van der Waals surface area (Å²) in [5.74, 6) is 1.41. The van der Waals surface area contributed by atoms with Crippen molar-refractivity contribution in [3.8, 4) is 11.3 Å². The summed E-state index contributed by atoms with van der Waals surface area (Å²) in [6.45, 7) is 7.57. The molecular weight excluding hydrogens is 593 g/mol. The molecule has 34 heavy (non-hydrogen) atoms. The number of aromatic nitrogens is 2. The fraction of sp³-hybridized carbons (Fsp3) is 0.323. The molecule has 2 aliphatic carbocycles. The van der Waals surface area contributed by atoms with Gasteiger partial charge < -0.3 is 4.40 Å². The maximum Gasteiger partial charge on any atom is 0.0636 e. The molecule has 2 heterocycles. The standard InChI is InChI=1S/C31H29N2.Ir/c1-30(2)20-16-17-31(30,3)26(18-20)22-11-5-6-13-24(22)28-19-32-29-25-14-7-4-10-21(25)23-12-8-9-15-27(23)33(28)29;/h4-13,15,19-20,26H,16-18H2,1-3H3;/q-1;. The number of pyridine rings is 1. The molecule has 3 aromatic carbocycles. The van der Waals surface area contributed by atoms with Crippen LogP contribution in [0.1, 0.15) is 51.5 Å². The zero-order valence-electron chi connectivity index (χ0n) is 19.9. The molecule has 0 spiro atoms. The van der Waals surface area contributed by atoms with Crippen LogP contribution in [0, 0.1) is 22.8 Å². The van der Waals surface area contributed by atoms with Crippen molar-refractivity contribution in [1.29, 1.82) is 0 Å². The van der Waals surface area contributed by atoms with Crippen LogP contribution in [-0.4, -0.2) is 9.38 Å². The van der Waals surface area contributed by atoms with Gasteiger partial charge in [0.05, 0.1) is 11.3 Å². The minimum Gasteiger partial charge on any atom is -0.333 e. The maximum absolute atomic E-state index is 4.97. The van der Waals surface area contributed by atoms with Crippen molar-refractivity contribution in [2.75, 3.05) is 0 Å². The van der Waals surface area contributed by atoms with Gasteiger partial charge in [0.1, 0.15) is 0 Å². The van der Waals surface area contributed by atoms with Crippen LogP contribution in [0.25, 0.3) is 38.6 Å². The van der Waals surface area contributed by atoms with Gasteiger partial charge in [-0.1, -0.05) is 68.6 Å². The smallest absolute Gasteiger partial charge is 0.0636 e. The van der Waals surface area contributed by atoms with Crippen LogP contribution in [0.2, 0.25) is 0 Å². The van der Waals surface area contributed by atoms with Gasteiger partial charge in [0.2, 0.25) is 0 Å². The molecule has 2 bridgehead atoms. The van der Waals surface area contributed by atoms with Crippen LogP contribution in [0.4, 0.5) is 0 Å². The third-order valence-electron chi connectivity index (χ3n) is 9.68. The molecule has 3 heteroatoms. The minimum absolute atomic E-state index is 0. The van der Waals surface area contributed by atoms with Gasteiger partial charge in [0.25, 0.3) is 0 Å². The molecule has 2 saturated carbocycles. The predicted octanol–water partition coefficient (Wildman–Crippen LogP) is 8.04. The van der Waals surface area contributed by atoms with Gasteiger partial charge >= 0.3 is 0 Å². The van der Waals surface area contributed by atoms with E-state index in [-0.39, 0.29) is 20.1 Å². The molecule has 2 fully saturated rings. The summed E-state index contributed by atoms with van der Waals surface area (Å²) in [6, 6.07) is 27.6. The van der Waals surface area contributed by atoms with E-state index in [2.05, 4.69) is 98.1 Å². The number of rotatable bonds is 2. The molecule has 3 unspecified atom stereocenters. The number of fused-ring (bicyclic) bond motifs is 8. The Morgan fingerprint density at radius 1 is 0.941 bits per heavy atom. The fourth-order valence-electron chi connectivity index (χ4n) is 7.41. The van der Waals surface area contributed by atoms with E-state index in [9.17, 15) is 0 Å². The van der Waals surface area contributed by atoms with Crippen LogP contribution >= 0.6 is 0 Å². The SMILES string of the molecule is CC1(C)C2CCC1(C)C(c1ccccc1-c1cnc3c4[c-]cccc4c4ccccc4n13)C2.[Ir]. The number of para-hydroxylation sites is 1. The zero-order chi connectivity index (χ0) is 22.4. The second-order valence-electron chi connectivity index (χ2n) is 11.0. The quantitative estimate of drug-likeness (QED) is 0.144. The third-order valence-corrected chi connectivity index (χ3v) is 9.68. The summed E-state index contributed by atoms with van der Waals surface area (Å²) in [5, 5.41) is 3.56. The van der Waals surface area contributed by atoms with Crippen molar-refractivity contribution < 1.29 is 20.1 Å². The molecule has 0 saturated heterocycles. The van der Waals surface area contributed by atoms with Crippen molar-refractivity contribution in [3.05, 3.63) is 84.6 Å². The summed E-state index contributed by atoms with van der Waals surface area (Å²) >= 11 is 0. The van der Waals surface area contributed by atoms with E-state index in [0.29, 0.717) is 16.7 Å². The summed E-state index contributed by atoms with van der Waals surface area (Å²) in [4.78, 5) is 4.97. The third kappa shape index (κ3) is 2.69. The molecule has 3 atom stereocenters. The van der Waals surface area contributed by atoms with Gasteiger partial charge in [-0.05, 0) is 58.9 Å². The molecule has 7 rings (SSSR count). The second-order valence-corrected chi connectivity index (χ2v) is 11.0. The van der Waals surface area contributed by atoms with Crippen molar-refractivity contribution >= 4 is 27.3 Å². The topological polar surface area (TPSA) is 17.3 Å². The molecule has 173 valence electrons. The predicted molar refractivity (Wildman–Crippen MR) is 136 cm³/mol. The van der Waals surface area contributed by atoms with E-state index < -0.39 is 0 Å². The van der Waals surface area contributed by atoms with E-state index in [0.717, 1.165) is 17.0 Å². The molecule has 2 nitrogen and oxygen atoms in total. The van der Waals surface area contributed by atoms with Crippen LogP contribution < -0.4 is 0 Å². The van der Waals surface area contributed by atoms with Crippen molar-refractivity contribution in [3.63, 3.8) is 0 Å². The molecule has 0 aliphatic heterocycles. The maximum atomic E-state index is 4.97. The first-order valence-corrected chi connectivity index (χ1v) is 12.3. The van der Waals surface area contributed by atoms with Crippen LogP contribution in [0.5, 0.6) is 0 Å². The summed E-state index contributed by atoms with van der Waals surface area (Å²) in [5.41, 5.74) is 6.97. The fourth-order valence-corrected chi connectivity index (χ4v) is 7.41. The zero-order valence-corrected chi connectivity index (χ0v) is 22.3. The second kappa shape index (κ2) is 7.51. The van der Waals surface area contributed by atoms with Gasteiger partial charge in [-0.15, -0.1) is 29.7 Å². The monoisotopic (exact) mass is 622 g/mol. The number of imidazole rings is 1. The minimum atomic E-state index is 0. The normalized spacial score (nSPS) is 25.3. The van der Waals surface area contributed by atoms with Crippen molar-refractivity contribution in [2.24, 2.45) is 16.7 Å². The Morgan fingerprint density at radius 2 is 1.71 bits per heavy atom. The first-order valence-electron chi connectivity index (χ1n) is 12.3.